The maximum absolute atomic E-state index is 4.69. The molecule has 0 bridgehead atoms. The average Bonchev–Trinajstić information content (AvgIpc) is 2.42. The second-order valence-electron chi connectivity index (χ2n) is 4.03. The molecule has 2 nitrogen and oxygen atoms in total. The van der Waals surface area contributed by atoms with Gasteiger partial charge in [-0.3, -0.25) is 4.99 Å². The molecule has 1 aromatic carbocycles. The van der Waals surface area contributed by atoms with Gasteiger partial charge in [0.2, 0.25) is 0 Å². The number of nitrogens with one attached hydrogen (secondary N) is 1. The molecule has 0 aliphatic carbocycles. The van der Waals surface area contributed by atoms with Crippen LogP contribution in [0.25, 0.3) is 0 Å². The summed E-state index contributed by atoms with van der Waals surface area (Å²) in [5.41, 5.74) is 3.96. The predicted octanol–water partition coefficient (Wildman–Crippen LogP) is 2.24. The Bertz CT molecular complexity index is 382. The van der Waals surface area contributed by atoms with Crippen LogP contribution < -0.4 is 5.32 Å². The monoisotopic (exact) mass is 186 g/mol. The fourth-order valence-corrected chi connectivity index (χ4v) is 2.43. The van der Waals surface area contributed by atoms with E-state index in [-0.39, 0.29) is 0 Å². The van der Waals surface area contributed by atoms with E-state index in [0.717, 1.165) is 13.1 Å². The molecule has 2 aliphatic rings. The first-order valence-electron chi connectivity index (χ1n) is 5.32. The average molecular weight is 186 g/mol. The van der Waals surface area contributed by atoms with Crippen molar-refractivity contribution in [1.29, 1.82) is 0 Å². The molecule has 72 valence electrons. The third-order valence-electron chi connectivity index (χ3n) is 3.13. The minimum absolute atomic E-state index is 0.598. The third kappa shape index (κ3) is 1.18. The second-order valence-corrected chi connectivity index (χ2v) is 4.03. The molecule has 3 rings (SSSR count). The van der Waals surface area contributed by atoms with Gasteiger partial charge in [0.05, 0.1) is 5.69 Å². The second kappa shape index (κ2) is 3.21. The van der Waals surface area contributed by atoms with Crippen molar-refractivity contribution in [3.8, 4) is 0 Å². The van der Waals surface area contributed by atoms with Crippen LogP contribution in [0.1, 0.15) is 24.3 Å². The van der Waals surface area contributed by atoms with Crippen molar-refractivity contribution in [2.75, 3.05) is 13.1 Å². The normalized spacial score (nSPS) is 24.9. The van der Waals surface area contributed by atoms with Gasteiger partial charge >= 0.3 is 0 Å². The number of benzene rings is 1. The van der Waals surface area contributed by atoms with E-state index in [1.54, 1.807) is 0 Å². The van der Waals surface area contributed by atoms with E-state index in [9.17, 15) is 0 Å². The molecule has 0 aromatic heterocycles. The Balaban J connectivity index is 2.04. The summed E-state index contributed by atoms with van der Waals surface area (Å²) in [6, 6.07) is 8.54. The lowest BCUT2D eigenvalue weighted by Crippen LogP contribution is -2.21. The lowest BCUT2D eigenvalue weighted by Gasteiger charge is -2.09. The Morgan fingerprint density at radius 1 is 1.29 bits per heavy atom. The number of aliphatic imine (C=N–C) groups is 1. The van der Waals surface area contributed by atoms with Gasteiger partial charge in [0.25, 0.3) is 0 Å². The number of hydrogen-bond acceptors (Lipinski definition) is 2. The molecule has 0 spiro atoms. The van der Waals surface area contributed by atoms with Crippen LogP contribution in [0.5, 0.6) is 0 Å². The van der Waals surface area contributed by atoms with Gasteiger partial charge in [-0.2, -0.15) is 0 Å². The Morgan fingerprint density at radius 2 is 2.21 bits per heavy atom. The highest BCUT2D eigenvalue weighted by atomic mass is 14.9. The van der Waals surface area contributed by atoms with E-state index in [1.807, 2.05) is 0 Å². The van der Waals surface area contributed by atoms with Crippen LogP contribution in [0.3, 0.4) is 0 Å². The third-order valence-corrected chi connectivity index (χ3v) is 3.13. The number of rotatable bonds is 0. The first kappa shape index (κ1) is 8.18. The summed E-state index contributed by atoms with van der Waals surface area (Å²) in [4.78, 5) is 4.69. The summed E-state index contributed by atoms with van der Waals surface area (Å²) in [5, 5.41) is 3.42. The van der Waals surface area contributed by atoms with Crippen molar-refractivity contribution in [3.63, 3.8) is 0 Å². The lowest BCUT2D eigenvalue weighted by atomic mass is 9.92. The van der Waals surface area contributed by atoms with Crippen molar-refractivity contribution >= 4 is 11.4 Å². The zero-order valence-corrected chi connectivity index (χ0v) is 8.16. The summed E-state index contributed by atoms with van der Waals surface area (Å²) in [7, 11) is 0. The highest BCUT2D eigenvalue weighted by Crippen LogP contribution is 2.38. The SMILES string of the molecule is c1ccc2c(c1)N=C1CNCCCC12. The van der Waals surface area contributed by atoms with Crippen molar-refractivity contribution in [2.24, 2.45) is 4.99 Å². The van der Waals surface area contributed by atoms with Crippen LogP contribution in [0.15, 0.2) is 29.3 Å². The minimum Gasteiger partial charge on any atom is -0.311 e. The van der Waals surface area contributed by atoms with Crippen molar-refractivity contribution in [2.45, 2.75) is 18.8 Å². The number of para-hydroxylation sites is 1. The van der Waals surface area contributed by atoms with Crippen LogP contribution in [0, 0.1) is 0 Å². The molecule has 2 aliphatic heterocycles. The maximum Gasteiger partial charge on any atom is 0.0668 e. The Labute approximate surface area is 84.1 Å². The first-order chi connectivity index (χ1) is 6.95. The quantitative estimate of drug-likeness (QED) is 0.660. The van der Waals surface area contributed by atoms with E-state index in [1.165, 1.54) is 29.8 Å². The van der Waals surface area contributed by atoms with E-state index in [2.05, 4.69) is 34.6 Å². The molecule has 2 heteroatoms. The van der Waals surface area contributed by atoms with Gasteiger partial charge in [0.15, 0.2) is 0 Å². The van der Waals surface area contributed by atoms with Gasteiger partial charge in [0.1, 0.15) is 0 Å². The van der Waals surface area contributed by atoms with Gasteiger partial charge in [0, 0.05) is 18.2 Å². The Kier molecular flexibility index (Phi) is 1.88. The first-order valence-corrected chi connectivity index (χ1v) is 5.32. The molecule has 1 unspecified atom stereocenters. The zero-order chi connectivity index (χ0) is 9.38. The van der Waals surface area contributed by atoms with Gasteiger partial charge in [-0.15, -0.1) is 0 Å². The van der Waals surface area contributed by atoms with Gasteiger partial charge < -0.3 is 5.32 Å². The molecule has 2 heterocycles. The van der Waals surface area contributed by atoms with Crippen LogP contribution >= 0.6 is 0 Å². The largest absolute Gasteiger partial charge is 0.311 e. The highest BCUT2D eigenvalue weighted by Gasteiger charge is 2.27. The van der Waals surface area contributed by atoms with Crippen molar-refractivity contribution in [1.82, 2.24) is 5.32 Å². The molecule has 1 aromatic rings. The van der Waals surface area contributed by atoms with Gasteiger partial charge in [-0.25, -0.2) is 0 Å². The summed E-state index contributed by atoms with van der Waals surface area (Å²) >= 11 is 0. The van der Waals surface area contributed by atoms with Crippen LogP contribution in [0.2, 0.25) is 0 Å². The fraction of sp³-hybridized carbons (Fsp3) is 0.417. The Morgan fingerprint density at radius 3 is 3.21 bits per heavy atom. The van der Waals surface area contributed by atoms with Crippen LogP contribution in [-0.2, 0) is 0 Å². The molecule has 14 heavy (non-hydrogen) atoms. The highest BCUT2D eigenvalue weighted by molar-refractivity contribution is 5.99. The van der Waals surface area contributed by atoms with E-state index >= 15 is 0 Å². The van der Waals surface area contributed by atoms with Gasteiger partial charge in [-0.1, -0.05) is 18.2 Å². The molecule has 0 saturated carbocycles. The maximum atomic E-state index is 4.69. The predicted molar refractivity (Wildman–Crippen MR) is 58.4 cm³/mol. The summed E-state index contributed by atoms with van der Waals surface area (Å²) < 4.78 is 0. The molecule has 1 saturated heterocycles. The number of fused-ring (bicyclic) bond motifs is 3. The molecule has 0 radical (unpaired) electrons. The lowest BCUT2D eigenvalue weighted by molar-refractivity contribution is 0.685. The molecule has 1 N–H and O–H groups in total. The van der Waals surface area contributed by atoms with Crippen molar-refractivity contribution < 1.29 is 0 Å². The van der Waals surface area contributed by atoms with Gasteiger partial charge in [-0.05, 0) is 31.0 Å². The number of nitrogens with zero attached hydrogens (tertiary/aromatic N) is 1. The Hall–Kier alpha value is -1.15. The minimum atomic E-state index is 0.598. The number of hydrogen-bond donors (Lipinski definition) is 1. The van der Waals surface area contributed by atoms with E-state index in [4.69, 9.17) is 0 Å². The van der Waals surface area contributed by atoms with Crippen molar-refractivity contribution in [3.05, 3.63) is 29.8 Å². The molecular formula is C12H14N2. The van der Waals surface area contributed by atoms with E-state index < -0.39 is 0 Å². The van der Waals surface area contributed by atoms with Crippen LogP contribution in [0.4, 0.5) is 5.69 Å². The fourth-order valence-electron chi connectivity index (χ4n) is 2.43. The summed E-state index contributed by atoms with van der Waals surface area (Å²) in [6.07, 6.45) is 2.51. The topological polar surface area (TPSA) is 24.4 Å². The smallest absolute Gasteiger partial charge is 0.0668 e. The standard InChI is InChI=1S/C12H14N2/c1-2-6-11-9(4-1)10-5-3-7-13-8-12(10)14-11/h1-2,4,6,10,13H,3,5,7-8H2. The molecular weight excluding hydrogens is 172 g/mol. The van der Waals surface area contributed by atoms with Crippen LogP contribution in [-0.4, -0.2) is 18.8 Å². The summed E-state index contributed by atoms with van der Waals surface area (Å²) in [5.74, 6) is 0.598. The molecule has 1 fully saturated rings. The summed E-state index contributed by atoms with van der Waals surface area (Å²) in [6.45, 7) is 2.11. The molecule has 1 atom stereocenters. The van der Waals surface area contributed by atoms with E-state index in [0.29, 0.717) is 5.92 Å². The molecule has 0 amide bonds. The zero-order valence-electron chi connectivity index (χ0n) is 8.16.